The molecule has 0 aromatic heterocycles. The minimum absolute atomic E-state index is 0.0671. The lowest BCUT2D eigenvalue weighted by molar-refractivity contribution is -0.141. The van der Waals surface area contributed by atoms with Crippen LogP contribution in [-0.2, 0) is 16.0 Å². The number of nitrogens with zero attached hydrogens (tertiary/aromatic N) is 1. The van der Waals surface area contributed by atoms with Crippen LogP contribution < -0.4 is 10.1 Å². The molecule has 0 aliphatic carbocycles. The van der Waals surface area contributed by atoms with Gasteiger partial charge in [0.25, 0.3) is 5.91 Å². The lowest BCUT2D eigenvalue weighted by atomic mass is 10.1. The number of benzene rings is 2. The highest BCUT2D eigenvalue weighted by Gasteiger charge is 2.26. The third-order valence-corrected chi connectivity index (χ3v) is 5.33. The molecule has 2 aromatic carbocycles. The number of ether oxygens (including phenoxy) is 1. The van der Waals surface area contributed by atoms with Crippen molar-refractivity contribution in [1.29, 1.82) is 0 Å². The second kappa shape index (κ2) is 11.4. The van der Waals surface area contributed by atoms with Gasteiger partial charge in [-0.15, -0.1) is 0 Å². The Kier molecular flexibility index (Phi) is 8.90. The fraction of sp³-hybridized carbons (Fsp3) is 0.440. The van der Waals surface area contributed by atoms with Crippen LogP contribution in [-0.4, -0.2) is 41.9 Å². The van der Waals surface area contributed by atoms with Crippen LogP contribution in [0.2, 0.25) is 0 Å². The monoisotopic (exact) mass is 410 g/mol. The summed E-state index contributed by atoms with van der Waals surface area (Å²) in [5.41, 5.74) is 3.26. The normalized spacial score (nSPS) is 12.7. The Morgan fingerprint density at radius 1 is 1.07 bits per heavy atom. The number of hydrogen-bond donors (Lipinski definition) is 1. The van der Waals surface area contributed by atoms with E-state index in [1.54, 1.807) is 11.8 Å². The molecule has 0 aliphatic rings. The van der Waals surface area contributed by atoms with E-state index >= 15 is 0 Å². The number of carbonyl (C=O) groups is 2. The predicted octanol–water partition coefficient (Wildman–Crippen LogP) is 4.06. The van der Waals surface area contributed by atoms with Gasteiger partial charge < -0.3 is 15.0 Å². The van der Waals surface area contributed by atoms with Crippen molar-refractivity contribution < 1.29 is 14.3 Å². The molecule has 0 radical (unpaired) electrons. The first-order valence-electron chi connectivity index (χ1n) is 10.7. The number of nitrogens with one attached hydrogen (secondary N) is 1. The van der Waals surface area contributed by atoms with Crippen LogP contribution in [0.15, 0.2) is 48.5 Å². The summed E-state index contributed by atoms with van der Waals surface area (Å²) < 4.78 is 5.80. The molecule has 0 fully saturated rings. The van der Waals surface area contributed by atoms with Gasteiger partial charge >= 0.3 is 0 Å². The zero-order chi connectivity index (χ0) is 22.1. The number of amides is 2. The Labute approximate surface area is 180 Å². The van der Waals surface area contributed by atoms with Gasteiger partial charge in [0.1, 0.15) is 11.8 Å². The van der Waals surface area contributed by atoms with Gasteiger partial charge in [0.15, 0.2) is 6.61 Å². The summed E-state index contributed by atoms with van der Waals surface area (Å²) in [6, 6.07) is 15.3. The van der Waals surface area contributed by atoms with Gasteiger partial charge in [0.2, 0.25) is 5.91 Å². The quantitative estimate of drug-likeness (QED) is 0.643. The highest BCUT2D eigenvalue weighted by molar-refractivity contribution is 5.88. The van der Waals surface area contributed by atoms with Crippen LogP contribution in [0.5, 0.6) is 5.75 Å². The fourth-order valence-corrected chi connectivity index (χ4v) is 3.22. The van der Waals surface area contributed by atoms with Crippen LogP contribution in [0.25, 0.3) is 0 Å². The topological polar surface area (TPSA) is 58.6 Å². The molecule has 0 saturated heterocycles. The van der Waals surface area contributed by atoms with E-state index in [0.29, 0.717) is 18.7 Å². The predicted molar refractivity (Wildman–Crippen MR) is 121 cm³/mol. The highest BCUT2D eigenvalue weighted by Crippen LogP contribution is 2.19. The number of rotatable bonds is 10. The van der Waals surface area contributed by atoms with Crippen molar-refractivity contribution in [3.8, 4) is 5.75 Å². The van der Waals surface area contributed by atoms with Crippen molar-refractivity contribution in [2.24, 2.45) is 0 Å². The minimum Gasteiger partial charge on any atom is -0.483 e. The molecule has 0 saturated carbocycles. The molecular weight excluding hydrogens is 376 g/mol. The Morgan fingerprint density at radius 2 is 1.77 bits per heavy atom. The molecule has 1 N–H and O–H groups in total. The molecule has 2 rings (SSSR count). The van der Waals surface area contributed by atoms with Gasteiger partial charge in [0.05, 0.1) is 0 Å². The first-order valence-corrected chi connectivity index (χ1v) is 10.7. The molecule has 0 aliphatic heterocycles. The summed E-state index contributed by atoms with van der Waals surface area (Å²) in [5.74, 6) is 0.351. The lowest BCUT2D eigenvalue weighted by Gasteiger charge is -2.29. The van der Waals surface area contributed by atoms with Crippen LogP contribution >= 0.6 is 0 Å². The second-order valence-electron chi connectivity index (χ2n) is 7.87. The van der Waals surface area contributed by atoms with Crippen LogP contribution in [0.1, 0.15) is 43.9 Å². The Bertz CT molecular complexity index is 836. The first-order chi connectivity index (χ1) is 14.3. The first kappa shape index (κ1) is 23.5. The average molecular weight is 411 g/mol. The summed E-state index contributed by atoms with van der Waals surface area (Å²) in [7, 11) is 0. The third kappa shape index (κ3) is 6.90. The van der Waals surface area contributed by atoms with E-state index in [1.807, 2.05) is 76.2 Å². The molecule has 5 heteroatoms. The van der Waals surface area contributed by atoms with E-state index in [4.69, 9.17) is 4.74 Å². The average Bonchev–Trinajstić information content (AvgIpc) is 2.73. The highest BCUT2D eigenvalue weighted by atomic mass is 16.5. The molecule has 5 nitrogen and oxygen atoms in total. The van der Waals surface area contributed by atoms with E-state index < -0.39 is 6.04 Å². The third-order valence-electron chi connectivity index (χ3n) is 5.33. The molecule has 0 bridgehead atoms. The largest absolute Gasteiger partial charge is 0.483 e. The van der Waals surface area contributed by atoms with Crippen LogP contribution in [0.3, 0.4) is 0 Å². The van der Waals surface area contributed by atoms with Crippen LogP contribution in [0.4, 0.5) is 0 Å². The lowest BCUT2D eigenvalue weighted by Crippen LogP contribution is -2.51. The molecule has 0 heterocycles. The molecule has 0 unspecified atom stereocenters. The second-order valence-corrected chi connectivity index (χ2v) is 7.87. The van der Waals surface area contributed by atoms with Crippen molar-refractivity contribution in [3.05, 3.63) is 65.2 Å². The van der Waals surface area contributed by atoms with Crippen molar-refractivity contribution in [2.45, 2.75) is 59.5 Å². The maximum atomic E-state index is 13.0. The Morgan fingerprint density at radius 3 is 2.40 bits per heavy atom. The summed E-state index contributed by atoms with van der Waals surface area (Å²) in [6.45, 7) is 10.1. The van der Waals surface area contributed by atoms with Gasteiger partial charge in [-0.3, -0.25) is 9.59 Å². The van der Waals surface area contributed by atoms with E-state index in [9.17, 15) is 9.59 Å². The molecule has 30 heavy (non-hydrogen) atoms. The van der Waals surface area contributed by atoms with E-state index in [0.717, 1.165) is 23.1 Å². The molecule has 2 aromatic rings. The van der Waals surface area contributed by atoms with Gasteiger partial charge in [-0.25, -0.2) is 0 Å². The maximum Gasteiger partial charge on any atom is 0.261 e. The van der Waals surface area contributed by atoms with Crippen LogP contribution in [0, 0.1) is 13.8 Å². The molecule has 0 spiro atoms. The van der Waals surface area contributed by atoms with Gasteiger partial charge in [-0.05, 0) is 57.7 Å². The summed E-state index contributed by atoms with van der Waals surface area (Å²) >= 11 is 0. The van der Waals surface area contributed by atoms with Crippen molar-refractivity contribution in [3.63, 3.8) is 0 Å². The fourth-order valence-electron chi connectivity index (χ4n) is 3.22. The zero-order valence-electron chi connectivity index (χ0n) is 18.8. The molecule has 162 valence electrons. The SMILES string of the molecule is CC[C@@H](C)NC(=O)[C@H](C)N(CCc1ccccc1)C(=O)COc1ccc(C)cc1C. The van der Waals surface area contributed by atoms with Gasteiger partial charge in [-0.2, -0.15) is 0 Å². The molecule has 2 atom stereocenters. The van der Waals surface area contributed by atoms with Gasteiger partial charge in [0, 0.05) is 12.6 Å². The number of aryl methyl sites for hydroxylation is 2. The molecule has 2 amide bonds. The van der Waals surface area contributed by atoms with E-state index in [2.05, 4.69) is 5.32 Å². The van der Waals surface area contributed by atoms with E-state index in [-0.39, 0.29) is 24.5 Å². The maximum absolute atomic E-state index is 13.0. The smallest absolute Gasteiger partial charge is 0.261 e. The minimum atomic E-state index is -0.571. The summed E-state index contributed by atoms with van der Waals surface area (Å²) in [5, 5.41) is 2.98. The van der Waals surface area contributed by atoms with Gasteiger partial charge in [-0.1, -0.05) is 55.0 Å². The summed E-state index contributed by atoms with van der Waals surface area (Å²) in [6.07, 6.45) is 1.52. The number of hydrogen-bond acceptors (Lipinski definition) is 3. The standard InChI is InChI=1S/C25H34N2O3/c1-6-20(4)26-25(29)21(5)27(15-14-22-10-8-7-9-11-22)24(28)17-30-23-13-12-18(2)16-19(23)3/h7-13,16,20-21H,6,14-15,17H2,1-5H3,(H,26,29)/t20-,21+/m1/s1. The van der Waals surface area contributed by atoms with Crippen molar-refractivity contribution in [1.82, 2.24) is 10.2 Å². The Hall–Kier alpha value is -2.82. The van der Waals surface area contributed by atoms with Crippen molar-refractivity contribution in [2.75, 3.05) is 13.2 Å². The Balaban J connectivity index is 2.09. The summed E-state index contributed by atoms with van der Waals surface area (Å²) in [4.78, 5) is 27.3. The van der Waals surface area contributed by atoms with Crippen molar-refractivity contribution >= 4 is 11.8 Å². The number of carbonyl (C=O) groups excluding carboxylic acids is 2. The molecular formula is C25H34N2O3. The van der Waals surface area contributed by atoms with E-state index in [1.165, 1.54) is 0 Å². The zero-order valence-corrected chi connectivity index (χ0v) is 18.8.